The molecule has 34 heavy (non-hydrogen) atoms. The van der Waals surface area contributed by atoms with E-state index in [1.54, 1.807) is 19.1 Å². The molecule has 2 aromatic rings. The average molecular weight is 492 g/mol. The molecule has 1 N–H and O–H groups in total. The number of hydrogen-bond donors (Lipinski definition) is 1. The lowest BCUT2D eigenvalue weighted by Crippen LogP contribution is -2.51. The second-order valence-electron chi connectivity index (χ2n) is 7.86. The van der Waals surface area contributed by atoms with E-state index in [9.17, 15) is 18.0 Å². The molecule has 0 heterocycles. The van der Waals surface area contributed by atoms with Crippen LogP contribution < -0.4 is 19.1 Å². The summed E-state index contributed by atoms with van der Waals surface area (Å²) in [5.41, 5.74) is 2.01. The fraction of sp³-hybridized carbons (Fsp3) is 0.417. The van der Waals surface area contributed by atoms with Gasteiger partial charge in [0.2, 0.25) is 21.8 Å². The number of hydrogen-bond acceptors (Lipinski definition) is 6. The van der Waals surface area contributed by atoms with Crippen molar-refractivity contribution in [2.75, 3.05) is 38.4 Å². The van der Waals surface area contributed by atoms with Gasteiger partial charge in [0.05, 0.1) is 26.2 Å². The normalized spacial score (nSPS) is 11.9. The van der Waals surface area contributed by atoms with E-state index in [0.29, 0.717) is 12.2 Å². The Bertz CT molecular complexity index is 1120. The SMILES string of the molecule is CC[C@H](C(=O)NC)N(Cc1cccc(C)c1)C(=O)CN(c1cc(OC)ccc1OC)S(C)(=O)=O. The topological polar surface area (TPSA) is 105 Å². The first-order valence-corrected chi connectivity index (χ1v) is 12.7. The van der Waals surface area contributed by atoms with Gasteiger partial charge in [-0.3, -0.25) is 13.9 Å². The number of anilines is 1. The Hall–Kier alpha value is -3.27. The van der Waals surface area contributed by atoms with E-state index in [1.807, 2.05) is 31.2 Å². The molecule has 2 amide bonds. The Morgan fingerprint density at radius 2 is 1.79 bits per heavy atom. The lowest BCUT2D eigenvalue weighted by molar-refractivity contribution is -0.140. The van der Waals surface area contributed by atoms with E-state index in [4.69, 9.17) is 9.47 Å². The number of nitrogens with one attached hydrogen (secondary N) is 1. The number of likely N-dealkylation sites (N-methyl/N-ethyl adjacent to an activating group) is 1. The van der Waals surface area contributed by atoms with Crippen LogP contribution in [0.3, 0.4) is 0 Å². The monoisotopic (exact) mass is 491 g/mol. The van der Waals surface area contributed by atoms with Gasteiger partial charge in [0, 0.05) is 19.7 Å². The number of rotatable bonds is 11. The lowest BCUT2D eigenvalue weighted by atomic mass is 10.1. The molecule has 10 heteroatoms. The Labute approximate surface area is 201 Å². The minimum atomic E-state index is -3.89. The highest BCUT2D eigenvalue weighted by Crippen LogP contribution is 2.34. The summed E-state index contributed by atoms with van der Waals surface area (Å²) in [5, 5.41) is 2.60. The third-order valence-electron chi connectivity index (χ3n) is 5.40. The van der Waals surface area contributed by atoms with Crippen LogP contribution in [0.15, 0.2) is 42.5 Å². The molecular formula is C24H33N3O6S. The van der Waals surface area contributed by atoms with Gasteiger partial charge < -0.3 is 19.7 Å². The van der Waals surface area contributed by atoms with Crippen molar-refractivity contribution < 1.29 is 27.5 Å². The number of aryl methyl sites for hydroxylation is 1. The van der Waals surface area contributed by atoms with Crippen molar-refractivity contribution in [3.05, 3.63) is 53.6 Å². The van der Waals surface area contributed by atoms with Crippen molar-refractivity contribution in [3.63, 3.8) is 0 Å². The van der Waals surface area contributed by atoms with Crippen LogP contribution >= 0.6 is 0 Å². The van der Waals surface area contributed by atoms with Gasteiger partial charge >= 0.3 is 0 Å². The van der Waals surface area contributed by atoms with Crippen molar-refractivity contribution in [1.82, 2.24) is 10.2 Å². The van der Waals surface area contributed by atoms with E-state index in [2.05, 4.69) is 5.32 Å². The summed E-state index contributed by atoms with van der Waals surface area (Å²) in [7, 11) is 0.484. The van der Waals surface area contributed by atoms with Crippen molar-refractivity contribution >= 4 is 27.5 Å². The van der Waals surface area contributed by atoms with Gasteiger partial charge in [0.25, 0.3) is 0 Å². The minimum absolute atomic E-state index is 0.152. The number of sulfonamides is 1. The Morgan fingerprint density at radius 3 is 2.32 bits per heavy atom. The quantitative estimate of drug-likeness (QED) is 0.517. The van der Waals surface area contributed by atoms with Gasteiger partial charge in [0.1, 0.15) is 24.1 Å². The van der Waals surface area contributed by atoms with Crippen LogP contribution in [0.5, 0.6) is 11.5 Å². The fourth-order valence-corrected chi connectivity index (χ4v) is 4.52. The van der Waals surface area contributed by atoms with E-state index in [-0.39, 0.29) is 23.9 Å². The first-order valence-electron chi connectivity index (χ1n) is 10.8. The highest BCUT2D eigenvalue weighted by Gasteiger charge is 2.32. The van der Waals surface area contributed by atoms with Crippen LogP contribution in [0.1, 0.15) is 24.5 Å². The van der Waals surface area contributed by atoms with Crippen molar-refractivity contribution in [1.29, 1.82) is 0 Å². The van der Waals surface area contributed by atoms with Crippen LogP contribution in [0.2, 0.25) is 0 Å². The second kappa shape index (κ2) is 11.7. The number of benzene rings is 2. The minimum Gasteiger partial charge on any atom is -0.497 e. The van der Waals surface area contributed by atoms with E-state index in [0.717, 1.165) is 21.7 Å². The zero-order valence-electron chi connectivity index (χ0n) is 20.5. The zero-order valence-corrected chi connectivity index (χ0v) is 21.3. The van der Waals surface area contributed by atoms with Gasteiger partial charge in [-0.25, -0.2) is 8.42 Å². The van der Waals surface area contributed by atoms with Crippen LogP contribution in [0.25, 0.3) is 0 Å². The molecule has 9 nitrogen and oxygen atoms in total. The van der Waals surface area contributed by atoms with E-state index in [1.165, 1.54) is 32.2 Å². The molecule has 2 rings (SSSR count). The molecule has 0 aliphatic rings. The molecule has 2 aromatic carbocycles. The summed E-state index contributed by atoms with van der Waals surface area (Å²) in [6, 6.07) is 11.5. The second-order valence-corrected chi connectivity index (χ2v) is 9.76. The average Bonchev–Trinajstić information content (AvgIpc) is 2.80. The fourth-order valence-electron chi connectivity index (χ4n) is 3.68. The number of carbonyl (C=O) groups excluding carboxylic acids is 2. The summed E-state index contributed by atoms with van der Waals surface area (Å²) in [5.74, 6) is -0.173. The predicted molar refractivity (Wildman–Crippen MR) is 132 cm³/mol. The molecule has 0 saturated carbocycles. The molecular weight excluding hydrogens is 458 g/mol. The number of ether oxygens (including phenoxy) is 2. The molecule has 0 aliphatic carbocycles. The van der Waals surface area contributed by atoms with Crippen LogP contribution in [0.4, 0.5) is 5.69 Å². The highest BCUT2D eigenvalue weighted by molar-refractivity contribution is 7.92. The maximum Gasteiger partial charge on any atom is 0.244 e. The van der Waals surface area contributed by atoms with Crippen molar-refractivity contribution in [3.8, 4) is 11.5 Å². The van der Waals surface area contributed by atoms with Crippen LogP contribution in [0, 0.1) is 6.92 Å². The van der Waals surface area contributed by atoms with E-state index < -0.39 is 28.5 Å². The smallest absolute Gasteiger partial charge is 0.244 e. The van der Waals surface area contributed by atoms with Crippen molar-refractivity contribution in [2.45, 2.75) is 32.9 Å². The molecule has 0 unspecified atom stereocenters. The van der Waals surface area contributed by atoms with Gasteiger partial charge in [-0.2, -0.15) is 0 Å². The number of methoxy groups -OCH3 is 2. The van der Waals surface area contributed by atoms with Crippen LogP contribution in [-0.2, 0) is 26.2 Å². The summed E-state index contributed by atoms with van der Waals surface area (Å²) >= 11 is 0. The van der Waals surface area contributed by atoms with Crippen molar-refractivity contribution in [2.24, 2.45) is 0 Å². The first-order chi connectivity index (χ1) is 16.0. The summed E-state index contributed by atoms with van der Waals surface area (Å²) in [4.78, 5) is 27.6. The standard InChI is InChI=1S/C24H33N3O6S/c1-7-20(24(29)25-3)26(15-18-10-8-9-17(2)13-18)23(28)16-27(34(6,30)31)21-14-19(32-4)11-12-22(21)33-5/h8-14,20H,7,15-16H2,1-6H3,(H,25,29)/t20-/m1/s1. The molecule has 0 fully saturated rings. The molecule has 0 bridgehead atoms. The summed E-state index contributed by atoms with van der Waals surface area (Å²) in [6.07, 6.45) is 1.37. The Balaban J connectivity index is 2.52. The van der Waals surface area contributed by atoms with Gasteiger partial charge in [-0.05, 0) is 31.0 Å². The molecule has 0 saturated heterocycles. The number of nitrogens with zero attached hydrogens (tertiary/aromatic N) is 2. The zero-order chi connectivity index (χ0) is 25.5. The Morgan fingerprint density at radius 1 is 1.09 bits per heavy atom. The summed E-state index contributed by atoms with van der Waals surface area (Å²) < 4.78 is 37.1. The maximum atomic E-state index is 13.6. The third-order valence-corrected chi connectivity index (χ3v) is 6.53. The first kappa shape index (κ1) is 27.0. The summed E-state index contributed by atoms with van der Waals surface area (Å²) in [6.45, 7) is 3.38. The largest absolute Gasteiger partial charge is 0.497 e. The Kier molecular flexibility index (Phi) is 9.31. The van der Waals surface area contributed by atoms with Gasteiger partial charge in [0.15, 0.2) is 0 Å². The van der Waals surface area contributed by atoms with E-state index >= 15 is 0 Å². The maximum absolute atomic E-state index is 13.6. The van der Waals surface area contributed by atoms with Crippen LogP contribution in [-0.4, -0.2) is 65.2 Å². The molecule has 0 radical (unpaired) electrons. The lowest BCUT2D eigenvalue weighted by Gasteiger charge is -2.33. The molecule has 0 aromatic heterocycles. The molecule has 1 atom stereocenters. The number of carbonyl (C=O) groups is 2. The van der Waals surface area contributed by atoms with Gasteiger partial charge in [-0.15, -0.1) is 0 Å². The highest BCUT2D eigenvalue weighted by atomic mass is 32.2. The molecule has 0 spiro atoms. The van der Waals surface area contributed by atoms with Gasteiger partial charge in [-0.1, -0.05) is 36.8 Å². The molecule has 186 valence electrons. The predicted octanol–water partition coefficient (Wildman–Crippen LogP) is 2.33. The molecule has 0 aliphatic heterocycles. The third kappa shape index (κ3) is 6.63. The number of amides is 2.